The molecular weight excluding hydrogens is 411 g/mol. The average Bonchev–Trinajstić information content (AvgIpc) is 2.66. The molecule has 2 amide bonds. The average molecular weight is 429 g/mol. The van der Waals surface area contributed by atoms with Crippen molar-refractivity contribution in [3.8, 4) is 5.75 Å². The van der Waals surface area contributed by atoms with E-state index in [0.717, 1.165) is 0 Å². The van der Waals surface area contributed by atoms with Crippen LogP contribution in [0, 0.1) is 5.82 Å². The van der Waals surface area contributed by atoms with E-state index in [1.54, 1.807) is 0 Å². The number of hydrogen-bond acceptors (Lipinski definition) is 5. The molecular formula is C18H18ClFN2O5S. The predicted octanol–water partition coefficient (Wildman–Crippen LogP) is 2.26. The fraction of sp³-hybridized carbons (Fsp3) is 0.222. The van der Waals surface area contributed by atoms with Crippen molar-refractivity contribution in [1.82, 2.24) is 10.9 Å². The van der Waals surface area contributed by atoms with E-state index in [4.69, 9.17) is 16.3 Å². The lowest BCUT2D eigenvalue weighted by molar-refractivity contribution is -0.132. The van der Waals surface area contributed by atoms with Crippen molar-refractivity contribution in [2.75, 3.05) is 5.75 Å². The molecule has 0 spiro atoms. The van der Waals surface area contributed by atoms with Crippen LogP contribution in [0.2, 0.25) is 5.02 Å². The highest BCUT2D eigenvalue weighted by Crippen LogP contribution is 2.16. The Bertz CT molecular complexity index is 933. The minimum Gasteiger partial charge on any atom is -0.481 e. The van der Waals surface area contributed by atoms with Gasteiger partial charge in [-0.2, -0.15) is 0 Å². The Hall–Kier alpha value is -2.65. The molecule has 10 heteroatoms. The van der Waals surface area contributed by atoms with Gasteiger partial charge in [-0.05, 0) is 55.5 Å². The Balaban J connectivity index is 1.78. The van der Waals surface area contributed by atoms with Crippen molar-refractivity contribution in [3.05, 3.63) is 59.4 Å². The standard InChI is InChI=1S/C18H18ClFN2O5S/c1-12(27-15-6-4-14(20)5-7-15)18(24)22-21-17(23)10-11-28(25,26)16-8-2-13(19)3-9-16/h2-9,12H,10-11H2,1H3,(H,21,23)(H,22,24). The van der Waals surface area contributed by atoms with Crippen molar-refractivity contribution >= 4 is 33.3 Å². The maximum absolute atomic E-state index is 12.8. The number of nitrogens with one attached hydrogen (secondary N) is 2. The van der Waals surface area contributed by atoms with Crippen LogP contribution in [0.25, 0.3) is 0 Å². The molecule has 2 N–H and O–H groups in total. The molecule has 0 aromatic heterocycles. The van der Waals surface area contributed by atoms with Gasteiger partial charge in [0, 0.05) is 11.4 Å². The van der Waals surface area contributed by atoms with Gasteiger partial charge >= 0.3 is 0 Å². The molecule has 2 aromatic rings. The van der Waals surface area contributed by atoms with Crippen LogP contribution in [-0.4, -0.2) is 32.1 Å². The molecule has 0 saturated heterocycles. The monoisotopic (exact) mass is 428 g/mol. The van der Waals surface area contributed by atoms with Gasteiger partial charge in [-0.15, -0.1) is 0 Å². The van der Waals surface area contributed by atoms with Crippen LogP contribution in [0.1, 0.15) is 13.3 Å². The van der Waals surface area contributed by atoms with Gasteiger partial charge in [0.15, 0.2) is 15.9 Å². The number of hydrogen-bond donors (Lipinski definition) is 2. The first-order chi connectivity index (χ1) is 13.2. The second kappa shape index (κ2) is 9.52. The number of halogens is 2. The fourth-order valence-electron chi connectivity index (χ4n) is 2.05. The summed E-state index contributed by atoms with van der Waals surface area (Å²) in [7, 11) is -3.66. The number of benzene rings is 2. The van der Waals surface area contributed by atoms with Crippen LogP contribution in [0.4, 0.5) is 4.39 Å². The van der Waals surface area contributed by atoms with Crippen LogP contribution in [0.3, 0.4) is 0 Å². The quantitative estimate of drug-likeness (QED) is 0.659. The number of ether oxygens (including phenoxy) is 1. The number of sulfone groups is 1. The summed E-state index contributed by atoms with van der Waals surface area (Å²) in [5.41, 5.74) is 4.27. The minimum atomic E-state index is -3.66. The van der Waals surface area contributed by atoms with E-state index in [2.05, 4.69) is 10.9 Å². The van der Waals surface area contributed by atoms with E-state index in [9.17, 15) is 22.4 Å². The van der Waals surface area contributed by atoms with Gasteiger partial charge in [-0.1, -0.05) is 11.6 Å². The van der Waals surface area contributed by atoms with Crippen LogP contribution < -0.4 is 15.6 Å². The number of amides is 2. The van der Waals surface area contributed by atoms with E-state index in [-0.39, 0.29) is 17.1 Å². The molecule has 2 rings (SSSR count). The van der Waals surface area contributed by atoms with Crippen LogP contribution >= 0.6 is 11.6 Å². The zero-order chi connectivity index (χ0) is 20.7. The Kier molecular flexibility index (Phi) is 7.36. The van der Waals surface area contributed by atoms with E-state index in [1.165, 1.54) is 55.5 Å². The van der Waals surface area contributed by atoms with Gasteiger partial charge in [0.25, 0.3) is 5.91 Å². The number of carbonyl (C=O) groups excluding carboxylic acids is 2. The molecule has 0 fully saturated rings. The van der Waals surface area contributed by atoms with Crippen LogP contribution in [-0.2, 0) is 19.4 Å². The lowest BCUT2D eigenvalue weighted by Crippen LogP contribution is -2.47. The van der Waals surface area contributed by atoms with Gasteiger partial charge in [-0.25, -0.2) is 12.8 Å². The Labute approximate surface area is 166 Å². The summed E-state index contributed by atoms with van der Waals surface area (Å²) in [5.74, 6) is -1.93. The fourth-order valence-corrected chi connectivity index (χ4v) is 3.42. The Morgan fingerprint density at radius 1 is 1.07 bits per heavy atom. The lowest BCUT2D eigenvalue weighted by Gasteiger charge is -2.15. The van der Waals surface area contributed by atoms with E-state index in [1.807, 2.05) is 0 Å². The zero-order valence-electron chi connectivity index (χ0n) is 14.8. The molecule has 0 aliphatic carbocycles. The van der Waals surface area contributed by atoms with Gasteiger partial charge < -0.3 is 4.74 Å². The second-order valence-corrected chi connectivity index (χ2v) is 8.32. The van der Waals surface area contributed by atoms with E-state index < -0.39 is 39.3 Å². The Morgan fingerprint density at radius 3 is 2.29 bits per heavy atom. The van der Waals surface area contributed by atoms with E-state index in [0.29, 0.717) is 5.02 Å². The normalized spacial score (nSPS) is 12.1. The first-order valence-corrected chi connectivity index (χ1v) is 10.2. The van der Waals surface area contributed by atoms with Gasteiger partial charge in [0.05, 0.1) is 10.6 Å². The molecule has 2 aromatic carbocycles. The summed E-state index contributed by atoms with van der Waals surface area (Å²) >= 11 is 5.72. The molecule has 0 aliphatic rings. The first kappa shape index (κ1) is 21.6. The van der Waals surface area contributed by atoms with Crippen molar-refractivity contribution in [2.24, 2.45) is 0 Å². The number of rotatable bonds is 7. The molecule has 1 unspecified atom stereocenters. The molecule has 7 nitrogen and oxygen atoms in total. The summed E-state index contributed by atoms with van der Waals surface area (Å²) in [6.45, 7) is 1.44. The summed E-state index contributed by atoms with van der Waals surface area (Å²) in [6, 6.07) is 10.7. The second-order valence-electron chi connectivity index (χ2n) is 5.77. The summed E-state index contributed by atoms with van der Waals surface area (Å²) in [4.78, 5) is 23.8. The highest BCUT2D eigenvalue weighted by atomic mass is 35.5. The van der Waals surface area contributed by atoms with E-state index >= 15 is 0 Å². The Morgan fingerprint density at radius 2 is 1.68 bits per heavy atom. The maximum Gasteiger partial charge on any atom is 0.279 e. The third-order valence-electron chi connectivity index (χ3n) is 3.59. The first-order valence-electron chi connectivity index (χ1n) is 8.16. The SMILES string of the molecule is CC(Oc1ccc(F)cc1)C(=O)NNC(=O)CCS(=O)(=O)c1ccc(Cl)cc1. The molecule has 150 valence electrons. The minimum absolute atomic E-state index is 0.0510. The number of carbonyl (C=O) groups is 2. The van der Waals surface area contributed by atoms with Crippen molar-refractivity contribution < 1.29 is 27.1 Å². The highest BCUT2D eigenvalue weighted by molar-refractivity contribution is 7.91. The maximum atomic E-state index is 12.8. The largest absolute Gasteiger partial charge is 0.481 e. The summed E-state index contributed by atoms with van der Waals surface area (Å²) < 4.78 is 42.5. The van der Waals surface area contributed by atoms with Gasteiger partial charge in [-0.3, -0.25) is 20.4 Å². The van der Waals surface area contributed by atoms with Crippen LogP contribution in [0.5, 0.6) is 5.75 Å². The predicted molar refractivity (Wildman–Crippen MR) is 101 cm³/mol. The smallest absolute Gasteiger partial charge is 0.279 e. The summed E-state index contributed by atoms with van der Waals surface area (Å²) in [5, 5.41) is 0.399. The van der Waals surface area contributed by atoms with Crippen molar-refractivity contribution in [1.29, 1.82) is 0 Å². The molecule has 0 heterocycles. The van der Waals surface area contributed by atoms with Gasteiger partial charge in [0.1, 0.15) is 11.6 Å². The topological polar surface area (TPSA) is 102 Å². The molecule has 0 saturated carbocycles. The number of hydrazine groups is 1. The third kappa shape index (κ3) is 6.50. The summed E-state index contributed by atoms with van der Waals surface area (Å²) in [6.07, 6.45) is -1.32. The highest BCUT2D eigenvalue weighted by Gasteiger charge is 2.18. The third-order valence-corrected chi connectivity index (χ3v) is 5.58. The van der Waals surface area contributed by atoms with Gasteiger partial charge in [0.2, 0.25) is 5.91 Å². The molecule has 0 bridgehead atoms. The van der Waals surface area contributed by atoms with Crippen molar-refractivity contribution in [3.63, 3.8) is 0 Å². The molecule has 28 heavy (non-hydrogen) atoms. The van der Waals surface area contributed by atoms with Crippen LogP contribution in [0.15, 0.2) is 53.4 Å². The molecule has 0 radical (unpaired) electrons. The molecule has 0 aliphatic heterocycles. The zero-order valence-corrected chi connectivity index (χ0v) is 16.4. The lowest BCUT2D eigenvalue weighted by atomic mass is 10.3. The van der Waals surface area contributed by atoms with Crippen molar-refractivity contribution in [2.45, 2.75) is 24.3 Å². The molecule has 1 atom stereocenters.